The van der Waals surface area contributed by atoms with Crippen LogP contribution < -0.4 is 9.88 Å². The van der Waals surface area contributed by atoms with E-state index in [-0.39, 0.29) is 4.90 Å². The number of hydrogen-bond donors (Lipinski definition) is 1. The summed E-state index contributed by atoms with van der Waals surface area (Å²) >= 11 is 0. The second kappa shape index (κ2) is 5.51. The lowest BCUT2D eigenvalue weighted by Gasteiger charge is -2.11. The van der Waals surface area contributed by atoms with Crippen LogP contribution in [0.4, 0.5) is 0 Å². The van der Waals surface area contributed by atoms with Crippen LogP contribution in [0.15, 0.2) is 23.1 Å². The van der Waals surface area contributed by atoms with Gasteiger partial charge < -0.3 is 4.74 Å². The largest absolute Gasteiger partial charge is 0.493 e. The molecule has 0 aromatic heterocycles. The van der Waals surface area contributed by atoms with Crippen LogP contribution in [-0.4, -0.2) is 15.0 Å². The maximum Gasteiger partial charge on any atom is 0.238 e. The molecule has 4 nitrogen and oxygen atoms in total. The molecule has 0 aliphatic heterocycles. The summed E-state index contributed by atoms with van der Waals surface area (Å²) in [5.41, 5.74) is 0.778. The predicted molar refractivity (Wildman–Crippen MR) is 67.5 cm³/mol. The number of aryl methyl sites for hydroxylation is 1. The molecular weight excluding hydrogens is 238 g/mol. The van der Waals surface area contributed by atoms with Crippen LogP contribution in [0.1, 0.15) is 25.8 Å². The molecule has 0 saturated heterocycles. The maximum atomic E-state index is 11.1. The van der Waals surface area contributed by atoms with Crippen molar-refractivity contribution >= 4 is 10.0 Å². The normalized spacial score (nSPS) is 11.8. The van der Waals surface area contributed by atoms with E-state index in [0.29, 0.717) is 18.3 Å². The summed E-state index contributed by atoms with van der Waals surface area (Å²) in [6, 6.07) is 4.64. The average Bonchev–Trinajstić information content (AvgIpc) is 2.18. The van der Waals surface area contributed by atoms with Crippen molar-refractivity contribution in [3.63, 3.8) is 0 Å². The Bertz CT molecular complexity index is 481. The summed E-state index contributed by atoms with van der Waals surface area (Å²) in [6.07, 6.45) is 0.969. The van der Waals surface area contributed by atoms with E-state index in [0.717, 1.165) is 12.0 Å². The third-order valence-corrected chi connectivity index (χ3v) is 3.34. The Morgan fingerprint density at radius 2 is 2.00 bits per heavy atom. The molecular formula is C12H19NO3S. The summed E-state index contributed by atoms with van der Waals surface area (Å²) in [6.45, 7) is 6.69. The fraction of sp³-hybridized carbons (Fsp3) is 0.500. The zero-order valence-electron chi connectivity index (χ0n) is 10.4. The van der Waals surface area contributed by atoms with E-state index in [1.165, 1.54) is 12.1 Å². The molecule has 17 heavy (non-hydrogen) atoms. The lowest BCUT2D eigenvalue weighted by atomic mass is 10.1. The zero-order valence-corrected chi connectivity index (χ0v) is 11.3. The van der Waals surface area contributed by atoms with Crippen LogP contribution >= 0.6 is 0 Å². The Labute approximate surface area is 103 Å². The first-order valence-electron chi connectivity index (χ1n) is 5.57. The first-order chi connectivity index (χ1) is 7.80. The molecule has 0 fully saturated rings. The molecule has 0 unspecified atom stereocenters. The molecule has 0 atom stereocenters. The van der Waals surface area contributed by atoms with Gasteiger partial charge in [0.1, 0.15) is 5.75 Å². The molecule has 0 aliphatic rings. The van der Waals surface area contributed by atoms with Crippen LogP contribution in [-0.2, 0) is 10.0 Å². The number of nitrogens with two attached hydrogens (primary N) is 1. The Hall–Kier alpha value is -1.07. The minimum absolute atomic E-state index is 0.117. The smallest absolute Gasteiger partial charge is 0.238 e. The number of hydrogen-bond acceptors (Lipinski definition) is 3. The van der Waals surface area contributed by atoms with Gasteiger partial charge in [0.2, 0.25) is 10.0 Å². The Kier molecular flexibility index (Phi) is 4.54. The molecule has 1 aromatic carbocycles. The summed E-state index contributed by atoms with van der Waals surface area (Å²) in [5, 5.41) is 5.05. The number of rotatable bonds is 5. The highest BCUT2D eigenvalue weighted by molar-refractivity contribution is 7.89. The van der Waals surface area contributed by atoms with Gasteiger partial charge in [-0.05, 0) is 43.0 Å². The van der Waals surface area contributed by atoms with Crippen LogP contribution in [0, 0.1) is 12.8 Å². The molecule has 0 heterocycles. The third kappa shape index (κ3) is 4.36. The Morgan fingerprint density at radius 1 is 1.35 bits per heavy atom. The van der Waals surface area contributed by atoms with Gasteiger partial charge in [0.25, 0.3) is 0 Å². The van der Waals surface area contributed by atoms with Gasteiger partial charge >= 0.3 is 0 Å². The third-order valence-electron chi connectivity index (χ3n) is 2.43. The second-order valence-electron chi connectivity index (χ2n) is 4.50. The fourth-order valence-corrected chi connectivity index (χ4v) is 1.96. The Morgan fingerprint density at radius 3 is 2.47 bits per heavy atom. The van der Waals surface area contributed by atoms with Crippen molar-refractivity contribution < 1.29 is 13.2 Å². The van der Waals surface area contributed by atoms with Gasteiger partial charge in [-0.25, -0.2) is 13.6 Å². The molecule has 0 aliphatic carbocycles. The first-order valence-corrected chi connectivity index (χ1v) is 7.11. The van der Waals surface area contributed by atoms with Crippen molar-refractivity contribution in [2.75, 3.05) is 6.61 Å². The van der Waals surface area contributed by atoms with Crippen molar-refractivity contribution in [3.8, 4) is 5.75 Å². The predicted octanol–water partition coefficient (Wildman–Crippen LogP) is 2.07. The van der Waals surface area contributed by atoms with Gasteiger partial charge in [0, 0.05) is 0 Å². The van der Waals surface area contributed by atoms with E-state index >= 15 is 0 Å². The first kappa shape index (κ1) is 14.0. The SMILES string of the molecule is Cc1cc(S(N)(=O)=O)ccc1OCCC(C)C. The molecule has 0 spiro atoms. The summed E-state index contributed by atoms with van der Waals surface area (Å²) in [5.74, 6) is 1.29. The highest BCUT2D eigenvalue weighted by atomic mass is 32.2. The Balaban J connectivity index is 2.77. The number of benzene rings is 1. The van der Waals surface area contributed by atoms with Crippen molar-refractivity contribution in [1.82, 2.24) is 0 Å². The van der Waals surface area contributed by atoms with E-state index in [2.05, 4.69) is 13.8 Å². The quantitative estimate of drug-likeness (QED) is 0.877. The minimum Gasteiger partial charge on any atom is -0.493 e. The van der Waals surface area contributed by atoms with Crippen LogP contribution in [0.25, 0.3) is 0 Å². The average molecular weight is 257 g/mol. The summed E-state index contributed by atoms with van der Waals surface area (Å²) < 4.78 is 27.9. The zero-order chi connectivity index (χ0) is 13.1. The van der Waals surface area contributed by atoms with Gasteiger partial charge in [-0.15, -0.1) is 0 Å². The monoisotopic (exact) mass is 257 g/mol. The lowest BCUT2D eigenvalue weighted by Crippen LogP contribution is -2.12. The van der Waals surface area contributed by atoms with E-state index < -0.39 is 10.0 Å². The van der Waals surface area contributed by atoms with Crippen LogP contribution in [0.2, 0.25) is 0 Å². The van der Waals surface area contributed by atoms with Crippen LogP contribution in [0.5, 0.6) is 5.75 Å². The van der Waals surface area contributed by atoms with Crippen LogP contribution in [0.3, 0.4) is 0 Å². The van der Waals surface area contributed by atoms with Gasteiger partial charge in [-0.1, -0.05) is 13.8 Å². The van der Waals surface area contributed by atoms with E-state index in [4.69, 9.17) is 9.88 Å². The van der Waals surface area contributed by atoms with E-state index in [1.54, 1.807) is 13.0 Å². The number of ether oxygens (including phenoxy) is 1. The molecule has 0 amide bonds. The van der Waals surface area contributed by atoms with Gasteiger partial charge in [-0.3, -0.25) is 0 Å². The molecule has 5 heteroatoms. The highest BCUT2D eigenvalue weighted by Gasteiger charge is 2.10. The molecule has 1 rings (SSSR count). The lowest BCUT2D eigenvalue weighted by molar-refractivity contribution is 0.287. The standard InChI is InChI=1S/C12H19NO3S/c1-9(2)6-7-16-12-5-4-11(8-10(12)3)17(13,14)15/h4-5,8-9H,6-7H2,1-3H3,(H2,13,14,15). The molecule has 0 bridgehead atoms. The van der Waals surface area contributed by atoms with E-state index in [9.17, 15) is 8.42 Å². The van der Waals surface area contributed by atoms with E-state index in [1.807, 2.05) is 0 Å². The van der Waals surface area contributed by atoms with Gasteiger partial charge in [0.05, 0.1) is 11.5 Å². The molecule has 0 radical (unpaired) electrons. The van der Waals surface area contributed by atoms with Crippen molar-refractivity contribution in [3.05, 3.63) is 23.8 Å². The van der Waals surface area contributed by atoms with Crippen molar-refractivity contribution in [2.24, 2.45) is 11.1 Å². The highest BCUT2D eigenvalue weighted by Crippen LogP contribution is 2.21. The van der Waals surface area contributed by atoms with Crippen molar-refractivity contribution in [2.45, 2.75) is 32.1 Å². The fourth-order valence-electron chi connectivity index (χ4n) is 1.37. The second-order valence-corrected chi connectivity index (χ2v) is 6.06. The molecule has 2 N–H and O–H groups in total. The number of sulfonamides is 1. The van der Waals surface area contributed by atoms with Gasteiger partial charge in [-0.2, -0.15) is 0 Å². The number of primary sulfonamides is 1. The minimum atomic E-state index is -3.63. The topological polar surface area (TPSA) is 69.4 Å². The molecule has 1 aromatic rings. The van der Waals surface area contributed by atoms with Gasteiger partial charge in [0.15, 0.2) is 0 Å². The van der Waals surface area contributed by atoms with Crippen molar-refractivity contribution in [1.29, 1.82) is 0 Å². The molecule has 96 valence electrons. The summed E-state index contributed by atoms with van der Waals surface area (Å²) in [4.78, 5) is 0.117. The molecule has 0 saturated carbocycles. The maximum absolute atomic E-state index is 11.1. The summed E-state index contributed by atoms with van der Waals surface area (Å²) in [7, 11) is -3.63.